The predicted octanol–water partition coefficient (Wildman–Crippen LogP) is 3.44. The molecule has 0 bridgehead atoms. The van der Waals surface area contributed by atoms with Crippen molar-refractivity contribution in [3.63, 3.8) is 0 Å². The summed E-state index contributed by atoms with van der Waals surface area (Å²) in [6.45, 7) is 0. The summed E-state index contributed by atoms with van der Waals surface area (Å²) in [6, 6.07) is 3.34. The van der Waals surface area contributed by atoms with Gasteiger partial charge in [0.2, 0.25) is 0 Å². The number of hydrogen-bond acceptors (Lipinski definition) is 6. The van der Waals surface area contributed by atoms with Crippen molar-refractivity contribution in [1.82, 2.24) is 10.1 Å². The molecule has 7 nitrogen and oxygen atoms in total. The summed E-state index contributed by atoms with van der Waals surface area (Å²) in [5, 5.41) is 14.8. The Morgan fingerprint density at radius 2 is 2.04 bits per heavy atom. The molecular formula is C15H16ClFN4O3. The van der Waals surface area contributed by atoms with Gasteiger partial charge in [0.25, 0.3) is 11.6 Å². The zero-order chi connectivity index (χ0) is 16.4. The largest absolute Gasteiger partial charge is 0.335 e. The average Bonchev–Trinajstić information content (AvgIpc) is 3.16. The number of rotatable bonds is 4. The van der Waals surface area contributed by atoms with Crippen LogP contribution in [0.3, 0.4) is 0 Å². The molecule has 1 aliphatic carbocycles. The molecule has 1 fully saturated rings. The molecule has 0 atom stereocenters. The number of nitrogens with zero attached hydrogens (tertiary/aromatic N) is 3. The Kier molecular flexibility index (Phi) is 5.30. The van der Waals surface area contributed by atoms with Gasteiger partial charge in [-0.05, 0) is 31.1 Å². The molecular weight excluding hydrogens is 339 g/mol. The van der Waals surface area contributed by atoms with Crippen LogP contribution in [0.2, 0.25) is 0 Å². The number of aromatic nitrogens is 2. The van der Waals surface area contributed by atoms with Gasteiger partial charge in [-0.15, -0.1) is 12.4 Å². The Morgan fingerprint density at radius 3 is 2.71 bits per heavy atom. The third kappa shape index (κ3) is 3.60. The highest BCUT2D eigenvalue weighted by Gasteiger charge is 2.35. The van der Waals surface area contributed by atoms with Crippen molar-refractivity contribution in [3.8, 4) is 0 Å². The zero-order valence-electron chi connectivity index (χ0n) is 12.6. The van der Waals surface area contributed by atoms with Crippen LogP contribution in [0.15, 0.2) is 22.7 Å². The highest BCUT2D eigenvalue weighted by Crippen LogP contribution is 2.34. The maximum atomic E-state index is 13.1. The number of nitro benzene ring substituents is 1. The monoisotopic (exact) mass is 354 g/mol. The summed E-state index contributed by atoms with van der Waals surface area (Å²) in [7, 11) is 0. The predicted molar refractivity (Wildman–Crippen MR) is 87.9 cm³/mol. The second-order valence-corrected chi connectivity index (χ2v) is 5.61. The Bertz CT molecular complexity index is 772. The van der Waals surface area contributed by atoms with Crippen LogP contribution in [0.1, 0.15) is 43.0 Å². The molecule has 1 heterocycles. The molecule has 1 saturated carbocycles. The lowest BCUT2D eigenvalue weighted by molar-refractivity contribution is -0.385. The van der Waals surface area contributed by atoms with E-state index in [4.69, 9.17) is 10.3 Å². The molecule has 0 saturated heterocycles. The van der Waals surface area contributed by atoms with Crippen LogP contribution in [0.4, 0.5) is 10.1 Å². The molecule has 3 rings (SSSR count). The van der Waals surface area contributed by atoms with E-state index in [1.54, 1.807) is 0 Å². The molecule has 0 radical (unpaired) electrons. The van der Waals surface area contributed by atoms with Crippen LogP contribution in [0.5, 0.6) is 0 Å². The number of nitrogens with two attached hydrogens (primary N) is 1. The maximum Gasteiger partial charge on any atom is 0.279 e. The molecule has 24 heavy (non-hydrogen) atoms. The SMILES string of the molecule is Cl.NC1(c2noc(/C=C/c3ccc(F)cc3[N+](=O)[O-])n2)CCCC1. The first-order valence-corrected chi connectivity index (χ1v) is 7.23. The third-order valence-corrected chi connectivity index (χ3v) is 3.98. The van der Waals surface area contributed by atoms with Gasteiger partial charge in [-0.2, -0.15) is 4.98 Å². The lowest BCUT2D eigenvalue weighted by Gasteiger charge is -2.17. The highest BCUT2D eigenvalue weighted by molar-refractivity contribution is 5.85. The summed E-state index contributed by atoms with van der Waals surface area (Å²) < 4.78 is 18.2. The minimum absolute atomic E-state index is 0. The van der Waals surface area contributed by atoms with Gasteiger partial charge in [-0.1, -0.05) is 18.0 Å². The first kappa shape index (κ1) is 18.0. The van der Waals surface area contributed by atoms with Crippen LogP contribution in [-0.2, 0) is 5.54 Å². The van der Waals surface area contributed by atoms with Gasteiger partial charge in [-0.25, -0.2) is 4.39 Å². The summed E-state index contributed by atoms with van der Waals surface area (Å²) in [5.41, 5.74) is 5.61. The highest BCUT2D eigenvalue weighted by atomic mass is 35.5. The Labute approximate surface area is 143 Å². The summed E-state index contributed by atoms with van der Waals surface area (Å²) >= 11 is 0. The van der Waals surface area contributed by atoms with E-state index in [1.165, 1.54) is 18.2 Å². The standard InChI is InChI=1S/C15H15FN4O3.ClH/c16-11-5-3-10(12(9-11)20(21)22)4-6-13-18-14(19-23-13)15(17)7-1-2-8-15;/h3-6,9H,1-2,7-8,17H2;1H/b6-4+;. The maximum absolute atomic E-state index is 13.1. The van der Waals surface area contributed by atoms with Gasteiger partial charge in [0.05, 0.1) is 22.1 Å². The lowest BCUT2D eigenvalue weighted by Crippen LogP contribution is -2.34. The van der Waals surface area contributed by atoms with Gasteiger partial charge in [0.1, 0.15) is 5.82 Å². The smallest absolute Gasteiger partial charge is 0.279 e. The topological polar surface area (TPSA) is 108 Å². The molecule has 0 aliphatic heterocycles. The number of hydrogen-bond donors (Lipinski definition) is 1. The van der Waals surface area contributed by atoms with Crippen LogP contribution in [-0.4, -0.2) is 15.1 Å². The molecule has 2 N–H and O–H groups in total. The van der Waals surface area contributed by atoms with E-state index in [2.05, 4.69) is 10.1 Å². The van der Waals surface area contributed by atoms with Crippen LogP contribution >= 0.6 is 12.4 Å². The molecule has 9 heteroatoms. The molecule has 1 aliphatic rings. The van der Waals surface area contributed by atoms with Crippen molar-refractivity contribution in [2.45, 2.75) is 31.2 Å². The fraction of sp³-hybridized carbons (Fsp3) is 0.333. The summed E-state index contributed by atoms with van der Waals surface area (Å²) in [5.74, 6) is -0.0150. The normalized spacial score (nSPS) is 16.2. The van der Waals surface area contributed by atoms with Crippen LogP contribution in [0.25, 0.3) is 12.2 Å². The third-order valence-electron chi connectivity index (χ3n) is 3.98. The van der Waals surface area contributed by atoms with Gasteiger partial charge in [0.15, 0.2) is 5.82 Å². The lowest BCUT2D eigenvalue weighted by atomic mass is 9.99. The Balaban J connectivity index is 0.00000208. The van der Waals surface area contributed by atoms with Crippen molar-refractivity contribution in [2.75, 3.05) is 0 Å². The minimum atomic E-state index is -0.666. The quantitative estimate of drug-likeness (QED) is 0.665. The van der Waals surface area contributed by atoms with E-state index in [-0.39, 0.29) is 29.5 Å². The van der Waals surface area contributed by atoms with Crippen LogP contribution < -0.4 is 5.73 Å². The molecule has 1 aromatic carbocycles. The van der Waals surface area contributed by atoms with Crippen molar-refractivity contribution in [1.29, 1.82) is 0 Å². The van der Waals surface area contributed by atoms with Crippen molar-refractivity contribution in [3.05, 3.63) is 51.4 Å². The molecule has 2 aromatic rings. The van der Waals surface area contributed by atoms with Crippen LogP contribution in [0, 0.1) is 15.9 Å². The van der Waals surface area contributed by atoms with E-state index in [1.807, 2.05) is 0 Å². The van der Waals surface area contributed by atoms with Crippen molar-refractivity contribution in [2.24, 2.45) is 5.73 Å². The Morgan fingerprint density at radius 1 is 1.33 bits per heavy atom. The van der Waals surface area contributed by atoms with Gasteiger partial charge in [-0.3, -0.25) is 10.1 Å². The fourth-order valence-corrected chi connectivity index (χ4v) is 2.71. The first-order chi connectivity index (χ1) is 11.0. The average molecular weight is 355 g/mol. The zero-order valence-corrected chi connectivity index (χ0v) is 13.5. The first-order valence-electron chi connectivity index (χ1n) is 7.23. The van der Waals surface area contributed by atoms with E-state index < -0.39 is 16.3 Å². The second kappa shape index (κ2) is 7.06. The minimum Gasteiger partial charge on any atom is -0.335 e. The molecule has 0 spiro atoms. The van der Waals surface area contributed by atoms with Gasteiger partial charge < -0.3 is 10.3 Å². The van der Waals surface area contributed by atoms with E-state index >= 15 is 0 Å². The number of halogens is 2. The van der Waals surface area contributed by atoms with E-state index in [0.29, 0.717) is 5.82 Å². The van der Waals surface area contributed by atoms with Gasteiger partial charge >= 0.3 is 0 Å². The molecule has 1 aromatic heterocycles. The van der Waals surface area contributed by atoms with Crippen molar-refractivity contribution >= 4 is 30.2 Å². The van der Waals surface area contributed by atoms with E-state index in [0.717, 1.165) is 37.8 Å². The summed E-state index contributed by atoms with van der Waals surface area (Å²) in [4.78, 5) is 14.5. The molecule has 128 valence electrons. The van der Waals surface area contributed by atoms with E-state index in [9.17, 15) is 14.5 Å². The fourth-order valence-electron chi connectivity index (χ4n) is 2.71. The summed E-state index contributed by atoms with van der Waals surface area (Å²) in [6.07, 6.45) is 6.55. The molecule has 0 unspecified atom stereocenters. The second-order valence-electron chi connectivity index (χ2n) is 5.61. The molecule has 0 amide bonds. The Hall–Kier alpha value is -2.32. The number of nitro groups is 1. The van der Waals surface area contributed by atoms with Gasteiger partial charge in [0, 0.05) is 6.08 Å². The van der Waals surface area contributed by atoms with Crippen molar-refractivity contribution < 1.29 is 13.8 Å². The number of benzene rings is 1.